The molecule has 94 valence electrons. The molecule has 1 aliphatic rings. The number of carbonyl (C=O) groups is 1. The first-order chi connectivity index (χ1) is 7.54. The number of hydrogen-bond acceptors (Lipinski definition) is 2. The van der Waals surface area contributed by atoms with Crippen molar-refractivity contribution < 1.29 is 4.79 Å². The summed E-state index contributed by atoms with van der Waals surface area (Å²) in [5.74, 6) is 1.61. The number of amides is 1. The maximum Gasteiger partial charge on any atom is 0.237 e. The van der Waals surface area contributed by atoms with E-state index in [1.807, 2.05) is 13.8 Å². The van der Waals surface area contributed by atoms with Crippen LogP contribution in [0.4, 0.5) is 0 Å². The Labute approximate surface area is 99.4 Å². The van der Waals surface area contributed by atoms with E-state index in [9.17, 15) is 4.79 Å². The van der Waals surface area contributed by atoms with Crippen molar-refractivity contribution in [2.45, 2.75) is 59.0 Å². The SMILES string of the molecule is CCC(C)C1CCNC(C(=O)NC(C)C)C1. The maximum atomic E-state index is 11.9. The second kappa shape index (κ2) is 6.24. The number of rotatable bonds is 4. The van der Waals surface area contributed by atoms with Crippen molar-refractivity contribution in [3.8, 4) is 0 Å². The Bertz CT molecular complexity index is 228. The number of nitrogens with one attached hydrogen (secondary N) is 2. The Kier molecular flexibility index (Phi) is 5.26. The molecule has 3 heteroatoms. The molecule has 0 aromatic carbocycles. The second-order valence-electron chi connectivity index (χ2n) is 5.34. The summed E-state index contributed by atoms with van der Waals surface area (Å²) in [6.45, 7) is 9.52. The summed E-state index contributed by atoms with van der Waals surface area (Å²) in [4.78, 5) is 11.9. The van der Waals surface area contributed by atoms with Crippen LogP contribution in [-0.4, -0.2) is 24.5 Å². The van der Waals surface area contributed by atoms with Gasteiger partial charge in [0, 0.05) is 6.04 Å². The van der Waals surface area contributed by atoms with Crippen LogP contribution in [0.5, 0.6) is 0 Å². The minimum absolute atomic E-state index is 0.0233. The van der Waals surface area contributed by atoms with Crippen LogP contribution < -0.4 is 10.6 Å². The van der Waals surface area contributed by atoms with E-state index in [-0.39, 0.29) is 18.0 Å². The molecule has 0 aromatic heterocycles. The van der Waals surface area contributed by atoms with Crippen LogP contribution in [0.2, 0.25) is 0 Å². The standard InChI is InChI=1S/C13H26N2O/c1-5-10(4)11-6-7-14-12(8-11)13(16)15-9(2)3/h9-12,14H,5-8H2,1-4H3,(H,15,16). The fraction of sp³-hybridized carbons (Fsp3) is 0.923. The zero-order valence-corrected chi connectivity index (χ0v) is 11.0. The minimum atomic E-state index is 0.0233. The van der Waals surface area contributed by atoms with Gasteiger partial charge in [0.2, 0.25) is 5.91 Å². The average molecular weight is 226 g/mol. The summed E-state index contributed by atoms with van der Waals surface area (Å²) < 4.78 is 0. The van der Waals surface area contributed by atoms with Crippen LogP contribution in [0.1, 0.15) is 47.0 Å². The lowest BCUT2D eigenvalue weighted by molar-refractivity contribution is -0.124. The van der Waals surface area contributed by atoms with Gasteiger partial charge in [-0.2, -0.15) is 0 Å². The van der Waals surface area contributed by atoms with E-state index in [4.69, 9.17) is 0 Å². The zero-order chi connectivity index (χ0) is 12.1. The topological polar surface area (TPSA) is 41.1 Å². The van der Waals surface area contributed by atoms with E-state index in [1.54, 1.807) is 0 Å². The highest BCUT2D eigenvalue weighted by Crippen LogP contribution is 2.26. The van der Waals surface area contributed by atoms with Gasteiger partial charge in [-0.25, -0.2) is 0 Å². The van der Waals surface area contributed by atoms with Crippen LogP contribution in [-0.2, 0) is 4.79 Å². The summed E-state index contributed by atoms with van der Waals surface area (Å²) in [7, 11) is 0. The quantitative estimate of drug-likeness (QED) is 0.769. The van der Waals surface area contributed by atoms with Crippen LogP contribution in [0.3, 0.4) is 0 Å². The van der Waals surface area contributed by atoms with Crippen molar-refractivity contribution in [1.29, 1.82) is 0 Å². The fourth-order valence-corrected chi connectivity index (χ4v) is 2.38. The first-order valence-electron chi connectivity index (χ1n) is 6.58. The van der Waals surface area contributed by atoms with Crippen molar-refractivity contribution in [3.05, 3.63) is 0 Å². The molecule has 3 unspecified atom stereocenters. The summed E-state index contributed by atoms with van der Waals surface area (Å²) in [5, 5.41) is 6.31. The molecule has 1 saturated heterocycles. The molecule has 0 radical (unpaired) electrons. The van der Waals surface area contributed by atoms with Crippen LogP contribution in [0.25, 0.3) is 0 Å². The van der Waals surface area contributed by atoms with Gasteiger partial charge in [-0.1, -0.05) is 20.3 Å². The van der Waals surface area contributed by atoms with Crippen LogP contribution >= 0.6 is 0 Å². The van der Waals surface area contributed by atoms with Gasteiger partial charge < -0.3 is 10.6 Å². The minimum Gasteiger partial charge on any atom is -0.353 e. The third-order valence-corrected chi connectivity index (χ3v) is 3.64. The van der Waals surface area contributed by atoms with E-state index in [0.29, 0.717) is 5.92 Å². The summed E-state index contributed by atoms with van der Waals surface area (Å²) in [6, 6.07) is 0.258. The van der Waals surface area contributed by atoms with E-state index in [0.717, 1.165) is 18.9 Å². The number of carbonyl (C=O) groups excluding carboxylic acids is 1. The normalized spacial score (nSPS) is 27.8. The molecular formula is C13H26N2O. The van der Waals surface area contributed by atoms with E-state index in [2.05, 4.69) is 24.5 Å². The molecule has 3 atom stereocenters. The Hall–Kier alpha value is -0.570. The lowest BCUT2D eigenvalue weighted by Crippen LogP contribution is -2.50. The van der Waals surface area contributed by atoms with Gasteiger partial charge in [-0.15, -0.1) is 0 Å². The summed E-state index contributed by atoms with van der Waals surface area (Å²) >= 11 is 0. The highest BCUT2D eigenvalue weighted by Gasteiger charge is 2.29. The molecule has 1 fully saturated rings. The van der Waals surface area contributed by atoms with Crippen molar-refractivity contribution in [2.24, 2.45) is 11.8 Å². The molecule has 2 N–H and O–H groups in total. The lowest BCUT2D eigenvalue weighted by Gasteiger charge is -2.33. The Balaban J connectivity index is 2.46. The van der Waals surface area contributed by atoms with Gasteiger partial charge in [0.15, 0.2) is 0 Å². The van der Waals surface area contributed by atoms with E-state index < -0.39 is 0 Å². The van der Waals surface area contributed by atoms with Gasteiger partial charge in [-0.05, 0) is 45.1 Å². The highest BCUT2D eigenvalue weighted by atomic mass is 16.2. The smallest absolute Gasteiger partial charge is 0.237 e. The van der Waals surface area contributed by atoms with E-state index in [1.165, 1.54) is 12.8 Å². The Morgan fingerprint density at radius 1 is 1.44 bits per heavy atom. The molecule has 1 amide bonds. The number of hydrogen-bond donors (Lipinski definition) is 2. The van der Waals surface area contributed by atoms with Crippen molar-refractivity contribution in [1.82, 2.24) is 10.6 Å². The molecule has 16 heavy (non-hydrogen) atoms. The molecule has 0 bridgehead atoms. The molecule has 1 aliphatic heterocycles. The summed E-state index contributed by atoms with van der Waals surface area (Å²) in [6.07, 6.45) is 3.41. The monoisotopic (exact) mass is 226 g/mol. The second-order valence-corrected chi connectivity index (χ2v) is 5.34. The molecule has 0 saturated carbocycles. The van der Waals surface area contributed by atoms with Gasteiger partial charge in [0.25, 0.3) is 0 Å². The molecule has 0 aromatic rings. The highest BCUT2D eigenvalue weighted by molar-refractivity contribution is 5.82. The van der Waals surface area contributed by atoms with E-state index >= 15 is 0 Å². The van der Waals surface area contributed by atoms with Crippen molar-refractivity contribution in [3.63, 3.8) is 0 Å². The predicted octanol–water partition coefficient (Wildman–Crippen LogP) is 1.93. The van der Waals surface area contributed by atoms with Crippen LogP contribution in [0.15, 0.2) is 0 Å². The largest absolute Gasteiger partial charge is 0.353 e. The van der Waals surface area contributed by atoms with Gasteiger partial charge in [0.05, 0.1) is 6.04 Å². The van der Waals surface area contributed by atoms with Gasteiger partial charge >= 0.3 is 0 Å². The average Bonchev–Trinajstić information content (AvgIpc) is 2.27. The maximum absolute atomic E-state index is 11.9. The van der Waals surface area contributed by atoms with Crippen molar-refractivity contribution >= 4 is 5.91 Å². The first kappa shape index (κ1) is 13.5. The molecule has 1 heterocycles. The first-order valence-corrected chi connectivity index (χ1v) is 6.58. The van der Waals surface area contributed by atoms with Crippen LogP contribution in [0, 0.1) is 11.8 Å². The Morgan fingerprint density at radius 3 is 2.69 bits per heavy atom. The third kappa shape index (κ3) is 3.78. The van der Waals surface area contributed by atoms with Gasteiger partial charge in [0.1, 0.15) is 0 Å². The lowest BCUT2D eigenvalue weighted by atomic mass is 9.81. The van der Waals surface area contributed by atoms with Gasteiger partial charge in [-0.3, -0.25) is 4.79 Å². The summed E-state index contributed by atoms with van der Waals surface area (Å²) in [5.41, 5.74) is 0. The number of piperidine rings is 1. The fourth-order valence-electron chi connectivity index (χ4n) is 2.38. The molecular weight excluding hydrogens is 200 g/mol. The third-order valence-electron chi connectivity index (χ3n) is 3.64. The molecule has 1 rings (SSSR count). The zero-order valence-electron chi connectivity index (χ0n) is 11.0. The molecule has 3 nitrogen and oxygen atoms in total. The Morgan fingerprint density at radius 2 is 2.12 bits per heavy atom. The van der Waals surface area contributed by atoms with Crippen molar-refractivity contribution in [2.75, 3.05) is 6.54 Å². The molecule has 0 aliphatic carbocycles. The molecule has 0 spiro atoms. The predicted molar refractivity (Wildman–Crippen MR) is 67.2 cm³/mol.